The summed E-state index contributed by atoms with van der Waals surface area (Å²) in [7, 11) is 0. The van der Waals surface area contributed by atoms with Crippen molar-refractivity contribution in [1.29, 1.82) is 0 Å². The molecule has 0 radical (unpaired) electrons. The molecule has 0 saturated heterocycles. The van der Waals surface area contributed by atoms with Crippen molar-refractivity contribution in [2.75, 3.05) is 11.4 Å². The first-order valence-corrected chi connectivity index (χ1v) is 7.31. The van der Waals surface area contributed by atoms with Gasteiger partial charge >= 0.3 is 6.09 Å². The second-order valence-electron chi connectivity index (χ2n) is 6.71. The van der Waals surface area contributed by atoms with E-state index < -0.39 is 17.1 Å². The summed E-state index contributed by atoms with van der Waals surface area (Å²) in [5.74, 6) is -0.307. The minimum Gasteiger partial charge on any atom is -0.443 e. The zero-order valence-electron chi connectivity index (χ0n) is 12.4. The van der Waals surface area contributed by atoms with Crippen molar-refractivity contribution in [2.24, 2.45) is 0 Å². The predicted molar refractivity (Wildman–Crippen MR) is 80.7 cm³/mol. The highest BCUT2D eigenvalue weighted by Crippen LogP contribution is 2.44. The molecule has 3 nitrogen and oxygen atoms in total. The maximum atomic E-state index is 14.3. The van der Waals surface area contributed by atoms with Crippen LogP contribution in [-0.4, -0.2) is 18.2 Å². The van der Waals surface area contributed by atoms with E-state index in [2.05, 4.69) is 15.9 Å². The quantitative estimate of drug-likeness (QED) is 0.687. The van der Waals surface area contributed by atoms with Gasteiger partial charge in [0.2, 0.25) is 0 Å². The van der Waals surface area contributed by atoms with Crippen LogP contribution in [0.3, 0.4) is 0 Å². The number of nitrogens with zero attached hydrogens (tertiary/aromatic N) is 1. The second kappa shape index (κ2) is 4.72. The van der Waals surface area contributed by atoms with E-state index >= 15 is 0 Å². The maximum absolute atomic E-state index is 14.3. The average molecular weight is 344 g/mol. The first-order valence-electron chi connectivity index (χ1n) is 6.52. The Morgan fingerprint density at radius 2 is 2.00 bits per heavy atom. The zero-order chi connectivity index (χ0) is 15.3. The minimum absolute atomic E-state index is 0.307. The number of rotatable bonds is 0. The summed E-state index contributed by atoms with van der Waals surface area (Å²) in [5.41, 5.74) is 0.125. The maximum Gasteiger partial charge on any atom is 0.414 e. The predicted octanol–water partition coefficient (Wildman–Crippen LogP) is 4.62. The molecule has 1 aliphatic rings. The highest BCUT2D eigenvalue weighted by Gasteiger charge is 2.42. The van der Waals surface area contributed by atoms with Crippen molar-refractivity contribution in [3.05, 3.63) is 28.0 Å². The lowest BCUT2D eigenvalue weighted by molar-refractivity contribution is 0.0579. The van der Waals surface area contributed by atoms with Crippen LogP contribution in [0.1, 0.15) is 40.2 Å². The normalized spacial score (nSPS) is 17.1. The fourth-order valence-electron chi connectivity index (χ4n) is 2.45. The largest absolute Gasteiger partial charge is 0.443 e. The van der Waals surface area contributed by atoms with Gasteiger partial charge in [0.05, 0.1) is 10.2 Å². The summed E-state index contributed by atoms with van der Waals surface area (Å²) < 4.78 is 20.2. The molecule has 0 aliphatic carbocycles. The molecule has 2 rings (SSSR count). The standard InChI is InChI=1S/C15H19BrFNO2/c1-14(2,3)20-13(19)18-8-15(4,5)11-10(18)7-6-9(16)12(11)17/h6-7H,8H2,1-5H3. The van der Waals surface area contributed by atoms with Crippen LogP contribution in [0.25, 0.3) is 0 Å². The van der Waals surface area contributed by atoms with Crippen LogP contribution < -0.4 is 4.90 Å². The fraction of sp³-hybridized carbons (Fsp3) is 0.533. The number of benzene rings is 1. The van der Waals surface area contributed by atoms with E-state index in [1.165, 1.54) is 4.90 Å². The highest BCUT2D eigenvalue weighted by atomic mass is 79.9. The molecule has 1 amide bonds. The van der Waals surface area contributed by atoms with Gasteiger partial charge < -0.3 is 4.74 Å². The highest BCUT2D eigenvalue weighted by molar-refractivity contribution is 9.10. The molecule has 5 heteroatoms. The Hall–Kier alpha value is -1.10. The van der Waals surface area contributed by atoms with Crippen LogP contribution in [0.2, 0.25) is 0 Å². The van der Waals surface area contributed by atoms with E-state index in [9.17, 15) is 9.18 Å². The van der Waals surface area contributed by atoms with E-state index in [1.54, 1.807) is 12.1 Å². The Labute approximate surface area is 127 Å². The van der Waals surface area contributed by atoms with Gasteiger partial charge in [0.1, 0.15) is 11.4 Å². The van der Waals surface area contributed by atoms with Crippen LogP contribution >= 0.6 is 15.9 Å². The molecule has 1 aromatic rings. The summed E-state index contributed by atoms with van der Waals surface area (Å²) in [6.07, 6.45) is -0.439. The molecule has 1 aromatic carbocycles. The number of carbonyl (C=O) groups is 1. The van der Waals surface area contributed by atoms with Crippen molar-refractivity contribution in [3.63, 3.8) is 0 Å². The molecular formula is C15H19BrFNO2. The number of fused-ring (bicyclic) bond motifs is 1. The molecule has 1 aliphatic heterocycles. The summed E-state index contributed by atoms with van der Waals surface area (Å²) in [4.78, 5) is 13.8. The Balaban J connectivity index is 2.44. The third-order valence-corrected chi connectivity index (χ3v) is 3.82. The lowest BCUT2D eigenvalue weighted by atomic mass is 9.86. The van der Waals surface area contributed by atoms with Gasteiger partial charge in [-0.2, -0.15) is 0 Å². The molecular weight excluding hydrogens is 325 g/mol. The van der Waals surface area contributed by atoms with Crippen LogP contribution in [-0.2, 0) is 10.2 Å². The Morgan fingerprint density at radius 3 is 2.55 bits per heavy atom. The van der Waals surface area contributed by atoms with Crippen molar-refractivity contribution in [1.82, 2.24) is 0 Å². The molecule has 0 bridgehead atoms. The number of anilines is 1. The number of halogens is 2. The van der Waals surface area contributed by atoms with E-state index in [0.717, 1.165) is 0 Å². The van der Waals surface area contributed by atoms with Gasteiger partial charge in [0.15, 0.2) is 0 Å². The first-order chi connectivity index (χ1) is 9.03. The lowest BCUT2D eigenvalue weighted by Crippen LogP contribution is -2.38. The number of amides is 1. The fourth-order valence-corrected chi connectivity index (χ4v) is 2.78. The molecule has 0 fully saturated rings. The Morgan fingerprint density at radius 1 is 1.40 bits per heavy atom. The number of ether oxygens (including phenoxy) is 1. The summed E-state index contributed by atoms with van der Waals surface area (Å²) in [6.45, 7) is 9.70. The minimum atomic E-state index is -0.572. The molecule has 20 heavy (non-hydrogen) atoms. The van der Waals surface area contributed by atoms with Crippen LogP contribution in [0.5, 0.6) is 0 Å². The van der Waals surface area contributed by atoms with Gasteiger partial charge in [-0.1, -0.05) is 13.8 Å². The number of hydrogen-bond donors (Lipinski definition) is 0. The van der Waals surface area contributed by atoms with Crippen LogP contribution in [0, 0.1) is 5.82 Å². The van der Waals surface area contributed by atoms with Gasteiger partial charge in [-0.3, -0.25) is 4.90 Å². The zero-order valence-corrected chi connectivity index (χ0v) is 14.0. The van der Waals surface area contributed by atoms with E-state index in [1.807, 2.05) is 34.6 Å². The topological polar surface area (TPSA) is 29.5 Å². The second-order valence-corrected chi connectivity index (χ2v) is 7.56. The van der Waals surface area contributed by atoms with Gasteiger partial charge in [-0.15, -0.1) is 0 Å². The molecule has 110 valence electrons. The molecule has 0 N–H and O–H groups in total. The molecule has 0 spiro atoms. The van der Waals surface area contributed by atoms with Gasteiger partial charge in [0, 0.05) is 17.5 Å². The molecule has 0 unspecified atom stereocenters. The smallest absolute Gasteiger partial charge is 0.414 e. The molecule has 1 heterocycles. The molecule has 0 aromatic heterocycles. The van der Waals surface area contributed by atoms with Crippen LogP contribution in [0.15, 0.2) is 16.6 Å². The summed E-state index contributed by atoms with van der Waals surface area (Å²) in [6, 6.07) is 3.37. The lowest BCUT2D eigenvalue weighted by Gasteiger charge is -2.25. The molecule has 0 saturated carbocycles. The van der Waals surface area contributed by atoms with Gasteiger partial charge in [-0.05, 0) is 48.8 Å². The van der Waals surface area contributed by atoms with E-state index in [0.29, 0.717) is 22.3 Å². The van der Waals surface area contributed by atoms with Gasteiger partial charge in [0.25, 0.3) is 0 Å². The SMILES string of the molecule is CC(C)(C)OC(=O)N1CC(C)(C)c2c1ccc(Br)c2F. The van der Waals surface area contributed by atoms with Gasteiger partial charge in [-0.25, -0.2) is 9.18 Å². The number of carbonyl (C=O) groups excluding carboxylic acids is 1. The van der Waals surface area contributed by atoms with Crippen LogP contribution in [0.4, 0.5) is 14.9 Å². The third-order valence-electron chi connectivity index (χ3n) is 3.21. The monoisotopic (exact) mass is 343 g/mol. The van der Waals surface area contributed by atoms with E-state index in [4.69, 9.17) is 4.74 Å². The average Bonchev–Trinajstić information content (AvgIpc) is 2.54. The first kappa shape index (κ1) is 15.3. The molecule has 0 atom stereocenters. The summed E-state index contributed by atoms with van der Waals surface area (Å²) in [5, 5.41) is 0. The van der Waals surface area contributed by atoms with Crippen molar-refractivity contribution in [2.45, 2.75) is 45.6 Å². The van der Waals surface area contributed by atoms with Crippen molar-refractivity contribution < 1.29 is 13.9 Å². The summed E-state index contributed by atoms with van der Waals surface area (Å²) >= 11 is 3.20. The number of hydrogen-bond acceptors (Lipinski definition) is 2. The third kappa shape index (κ3) is 2.68. The van der Waals surface area contributed by atoms with E-state index in [-0.39, 0.29) is 5.82 Å². The van der Waals surface area contributed by atoms with Crippen molar-refractivity contribution in [3.8, 4) is 0 Å². The van der Waals surface area contributed by atoms with Crippen molar-refractivity contribution >= 4 is 27.7 Å². The Kier molecular flexibility index (Phi) is 3.61. The Bertz CT molecular complexity index is 564.